The van der Waals surface area contributed by atoms with Crippen molar-refractivity contribution < 1.29 is 13.6 Å². The van der Waals surface area contributed by atoms with E-state index < -0.39 is 5.92 Å². The Morgan fingerprint density at radius 2 is 1.81 bits per heavy atom. The van der Waals surface area contributed by atoms with Crippen molar-refractivity contribution in [2.45, 2.75) is 18.8 Å². The van der Waals surface area contributed by atoms with Crippen LogP contribution in [0.3, 0.4) is 0 Å². The minimum Gasteiger partial charge on any atom is -0.369 e. The van der Waals surface area contributed by atoms with Crippen LogP contribution in [0.2, 0.25) is 0 Å². The summed E-state index contributed by atoms with van der Waals surface area (Å²) in [7, 11) is 0. The Morgan fingerprint density at radius 3 is 2.59 bits per heavy atom. The molecule has 0 radical (unpaired) electrons. The van der Waals surface area contributed by atoms with E-state index >= 15 is 0 Å². The number of carbonyl (C=O) groups excluding carboxylic acids is 1. The van der Waals surface area contributed by atoms with Crippen molar-refractivity contribution in [3.05, 3.63) is 72.8 Å². The maximum Gasteiger partial charge on any atom is 0.259 e. The third-order valence-electron chi connectivity index (χ3n) is 5.56. The van der Waals surface area contributed by atoms with Gasteiger partial charge in [-0.05, 0) is 12.1 Å². The van der Waals surface area contributed by atoms with Crippen LogP contribution >= 0.6 is 0 Å². The molecule has 32 heavy (non-hydrogen) atoms. The number of piperidine rings is 1. The summed E-state index contributed by atoms with van der Waals surface area (Å²) in [6.07, 6.45) is 5.98. The number of hydrogen-bond donors (Lipinski definition) is 1. The fourth-order valence-corrected chi connectivity index (χ4v) is 3.85. The highest BCUT2D eigenvalue weighted by molar-refractivity contribution is 6.09. The zero-order chi connectivity index (χ0) is 22.1. The topological polar surface area (TPSA) is 75.4 Å². The van der Waals surface area contributed by atoms with Crippen molar-refractivity contribution in [2.75, 3.05) is 23.3 Å². The lowest BCUT2D eigenvalue weighted by atomic mass is 10.1. The van der Waals surface area contributed by atoms with Gasteiger partial charge in [0.15, 0.2) is 5.65 Å². The van der Waals surface area contributed by atoms with Gasteiger partial charge < -0.3 is 10.2 Å². The predicted octanol–water partition coefficient (Wildman–Crippen LogP) is 4.28. The summed E-state index contributed by atoms with van der Waals surface area (Å²) in [5.41, 5.74) is 3.53. The minimum atomic E-state index is -2.65. The number of imidazole rings is 1. The second-order valence-electron chi connectivity index (χ2n) is 7.70. The van der Waals surface area contributed by atoms with Crippen LogP contribution in [0, 0.1) is 0 Å². The summed E-state index contributed by atoms with van der Waals surface area (Å²) < 4.78 is 28.7. The number of alkyl halides is 2. The molecule has 1 N–H and O–H groups in total. The van der Waals surface area contributed by atoms with E-state index in [1.165, 1.54) is 12.4 Å². The zero-order valence-corrected chi connectivity index (χ0v) is 17.1. The van der Waals surface area contributed by atoms with Crippen LogP contribution in [-0.4, -0.2) is 44.5 Å². The number of carbonyl (C=O) groups is 1. The predicted molar refractivity (Wildman–Crippen MR) is 117 cm³/mol. The first kappa shape index (κ1) is 20.0. The maximum atomic E-state index is 13.6. The van der Waals surface area contributed by atoms with E-state index in [-0.39, 0.29) is 31.8 Å². The normalized spacial score (nSPS) is 15.6. The highest BCUT2D eigenvalue weighted by Crippen LogP contribution is 2.33. The Bertz CT molecular complexity index is 1260. The first-order chi connectivity index (χ1) is 15.5. The third kappa shape index (κ3) is 3.89. The number of nitrogens with zero attached hydrogens (tertiary/aromatic N) is 5. The molecule has 0 bridgehead atoms. The van der Waals surface area contributed by atoms with Gasteiger partial charge in [-0.1, -0.05) is 30.3 Å². The average Bonchev–Trinajstić information content (AvgIpc) is 3.25. The van der Waals surface area contributed by atoms with Gasteiger partial charge >= 0.3 is 0 Å². The van der Waals surface area contributed by atoms with Crippen molar-refractivity contribution in [1.29, 1.82) is 0 Å². The van der Waals surface area contributed by atoms with Crippen LogP contribution in [-0.2, 0) is 0 Å². The van der Waals surface area contributed by atoms with Crippen molar-refractivity contribution in [3.8, 4) is 11.3 Å². The number of pyridine rings is 1. The van der Waals surface area contributed by atoms with Crippen LogP contribution in [0.4, 0.5) is 20.2 Å². The number of nitrogens with one attached hydrogen (secondary N) is 1. The van der Waals surface area contributed by atoms with Gasteiger partial charge in [0, 0.05) is 43.9 Å². The number of amides is 1. The van der Waals surface area contributed by atoms with Crippen LogP contribution in [0.5, 0.6) is 0 Å². The highest BCUT2D eigenvalue weighted by atomic mass is 19.3. The van der Waals surface area contributed by atoms with Gasteiger partial charge in [-0.25, -0.2) is 18.3 Å². The Labute approximate surface area is 182 Å². The van der Waals surface area contributed by atoms with Crippen molar-refractivity contribution in [3.63, 3.8) is 0 Å². The summed E-state index contributed by atoms with van der Waals surface area (Å²) in [4.78, 5) is 23.7. The zero-order valence-electron chi connectivity index (χ0n) is 17.1. The molecule has 0 spiro atoms. The van der Waals surface area contributed by atoms with Gasteiger partial charge in [-0.2, -0.15) is 5.10 Å². The van der Waals surface area contributed by atoms with Crippen LogP contribution in [0.25, 0.3) is 16.9 Å². The van der Waals surface area contributed by atoms with Gasteiger partial charge in [0.1, 0.15) is 0 Å². The summed E-state index contributed by atoms with van der Waals surface area (Å²) in [5.74, 6) is -3.02. The molecule has 1 aromatic carbocycles. The highest BCUT2D eigenvalue weighted by Gasteiger charge is 2.34. The van der Waals surface area contributed by atoms with E-state index in [1.54, 1.807) is 29.0 Å². The van der Waals surface area contributed by atoms with E-state index in [4.69, 9.17) is 0 Å². The molecule has 4 aromatic rings. The second-order valence-corrected chi connectivity index (χ2v) is 7.70. The smallest absolute Gasteiger partial charge is 0.259 e. The Kier molecular flexibility index (Phi) is 5.01. The number of aromatic nitrogens is 4. The molecule has 0 unspecified atom stereocenters. The number of halogens is 2. The fraction of sp³-hybridized carbons (Fsp3) is 0.217. The Hall–Kier alpha value is -3.88. The molecule has 0 saturated carbocycles. The van der Waals surface area contributed by atoms with Crippen molar-refractivity contribution >= 4 is 22.9 Å². The monoisotopic (exact) mass is 434 g/mol. The van der Waals surface area contributed by atoms with E-state index in [9.17, 15) is 13.6 Å². The van der Waals surface area contributed by atoms with Crippen LogP contribution in [0.15, 0.2) is 67.3 Å². The fourth-order valence-electron chi connectivity index (χ4n) is 3.85. The first-order valence-electron chi connectivity index (χ1n) is 10.3. The van der Waals surface area contributed by atoms with E-state index in [2.05, 4.69) is 20.4 Å². The lowest BCUT2D eigenvalue weighted by Crippen LogP contribution is -2.39. The average molecular weight is 434 g/mol. The lowest BCUT2D eigenvalue weighted by Gasteiger charge is -2.34. The van der Waals surface area contributed by atoms with Gasteiger partial charge in [-0.3, -0.25) is 9.78 Å². The lowest BCUT2D eigenvalue weighted by molar-refractivity contribution is -0.0220. The Morgan fingerprint density at radius 1 is 1.03 bits per heavy atom. The molecular weight excluding hydrogens is 414 g/mol. The number of anilines is 2. The quantitative estimate of drug-likeness (QED) is 0.519. The van der Waals surface area contributed by atoms with Crippen molar-refractivity contribution in [2.24, 2.45) is 0 Å². The number of hydrogen-bond acceptors (Lipinski definition) is 5. The molecule has 1 aliphatic rings. The molecule has 5 rings (SSSR count). The van der Waals surface area contributed by atoms with E-state index in [0.717, 1.165) is 5.56 Å². The Balaban J connectivity index is 1.43. The molecule has 3 aromatic heterocycles. The minimum absolute atomic E-state index is 0.208. The molecule has 1 amide bonds. The summed E-state index contributed by atoms with van der Waals surface area (Å²) in [6, 6.07) is 13.0. The molecule has 9 heteroatoms. The SMILES string of the molecule is O=C(Nc1cnccc1N1CCC(F)(F)CC1)c1ccnn2cc(-c3ccccc3)nc12. The van der Waals surface area contributed by atoms with Crippen molar-refractivity contribution in [1.82, 2.24) is 19.6 Å². The third-order valence-corrected chi connectivity index (χ3v) is 5.56. The molecule has 1 aliphatic heterocycles. The van der Waals surface area contributed by atoms with Crippen LogP contribution in [0.1, 0.15) is 23.2 Å². The summed E-state index contributed by atoms with van der Waals surface area (Å²) in [6.45, 7) is 0.417. The molecular formula is C23H20F2N6O. The molecule has 0 atom stereocenters. The summed E-state index contributed by atoms with van der Waals surface area (Å²) >= 11 is 0. The number of fused-ring (bicyclic) bond motifs is 1. The maximum absolute atomic E-state index is 13.6. The van der Waals surface area contributed by atoms with Gasteiger partial charge in [0.2, 0.25) is 0 Å². The molecule has 0 aliphatic carbocycles. The molecule has 1 saturated heterocycles. The standard InChI is InChI=1S/C23H20F2N6O/c24-23(25)8-12-30(13-9-23)20-7-10-26-14-18(20)29-22(32)17-6-11-27-31-15-19(28-21(17)31)16-4-2-1-3-5-16/h1-7,10-11,14-15H,8-9,12-13H2,(H,29,32). The second kappa shape index (κ2) is 7.99. The molecule has 162 valence electrons. The number of benzene rings is 1. The summed E-state index contributed by atoms with van der Waals surface area (Å²) in [5, 5.41) is 7.14. The van der Waals surface area contributed by atoms with E-state index in [1.807, 2.05) is 35.2 Å². The van der Waals surface area contributed by atoms with Gasteiger partial charge in [-0.15, -0.1) is 0 Å². The van der Waals surface area contributed by atoms with Gasteiger partial charge in [0.25, 0.3) is 11.8 Å². The molecule has 4 heterocycles. The first-order valence-corrected chi connectivity index (χ1v) is 10.3. The number of rotatable bonds is 4. The van der Waals surface area contributed by atoms with E-state index in [0.29, 0.717) is 28.3 Å². The molecule has 7 nitrogen and oxygen atoms in total. The van der Waals surface area contributed by atoms with Crippen LogP contribution < -0.4 is 10.2 Å². The molecule has 1 fully saturated rings. The van der Waals surface area contributed by atoms with Gasteiger partial charge in [0.05, 0.1) is 35.0 Å². The largest absolute Gasteiger partial charge is 0.369 e.